The minimum Gasteiger partial charge on any atom is -0.439 e. The zero-order valence-electron chi connectivity index (χ0n) is 8.76. The van der Waals surface area contributed by atoms with Crippen molar-refractivity contribution in [2.24, 2.45) is 0 Å². The molecule has 0 aliphatic heterocycles. The van der Waals surface area contributed by atoms with Crippen molar-refractivity contribution in [1.29, 1.82) is 0 Å². The van der Waals surface area contributed by atoms with E-state index in [9.17, 15) is 0 Å². The predicted molar refractivity (Wildman–Crippen MR) is 73.8 cm³/mol. The number of ether oxygens (including phenoxy) is 1. The molecule has 3 rings (SSSR count). The molecular formula is C13H8BrNOS. The molecule has 2 heterocycles. The first-order valence-corrected chi connectivity index (χ1v) is 6.77. The Kier molecular flexibility index (Phi) is 2.82. The number of benzene rings is 1. The normalized spacial score (nSPS) is 10.6. The van der Waals surface area contributed by atoms with Gasteiger partial charge in [0, 0.05) is 11.4 Å². The molecule has 0 spiro atoms. The number of pyridine rings is 1. The highest BCUT2D eigenvalue weighted by Gasteiger charge is 2.05. The lowest BCUT2D eigenvalue weighted by Crippen LogP contribution is -1.86. The molecule has 2 nitrogen and oxygen atoms in total. The summed E-state index contributed by atoms with van der Waals surface area (Å²) in [5.74, 6) is 1.41. The molecule has 0 radical (unpaired) electrons. The lowest BCUT2D eigenvalue weighted by molar-refractivity contribution is 0.465. The smallest absolute Gasteiger partial charge is 0.219 e. The number of rotatable bonds is 2. The van der Waals surface area contributed by atoms with Gasteiger partial charge >= 0.3 is 0 Å². The fraction of sp³-hybridized carbons (Fsp3) is 0. The first kappa shape index (κ1) is 10.7. The maximum absolute atomic E-state index is 5.68. The van der Waals surface area contributed by atoms with E-state index in [1.54, 1.807) is 11.3 Å². The van der Waals surface area contributed by atoms with Crippen LogP contribution >= 0.6 is 27.3 Å². The molecule has 0 fully saturated rings. The number of para-hydroxylation sites is 1. The summed E-state index contributed by atoms with van der Waals surface area (Å²) in [5.41, 5.74) is 0.948. The molecule has 3 aromatic rings. The maximum atomic E-state index is 5.68. The third kappa shape index (κ3) is 2.18. The van der Waals surface area contributed by atoms with Gasteiger partial charge in [-0.2, -0.15) is 0 Å². The van der Waals surface area contributed by atoms with Crippen LogP contribution in [-0.4, -0.2) is 4.98 Å². The van der Waals surface area contributed by atoms with Crippen LogP contribution < -0.4 is 4.74 Å². The number of halogens is 1. The van der Waals surface area contributed by atoms with Crippen molar-refractivity contribution in [3.05, 3.63) is 52.3 Å². The molecule has 1 aromatic carbocycles. The van der Waals surface area contributed by atoms with Gasteiger partial charge in [-0.15, -0.1) is 11.3 Å². The van der Waals surface area contributed by atoms with E-state index in [1.807, 2.05) is 47.8 Å². The SMILES string of the molecule is Brc1csc2ccc(Oc3ccccc3)nc12. The van der Waals surface area contributed by atoms with Crippen molar-refractivity contribution >= 4 is 37.5 Å². The molecular weight excluding hydrogens is 298 g/mol. The Bertz CT molecular complexity index is 651. The molecule has 0 unspecified atom stereocenters. The van der Waals surface area contributed by atoms with Crippen molar-refractivity contribution in [2.75, 3.05) is 0 Å². The second kappa shape index (κ2) is 4.47. The Morgan fingerprint density at radius 3 is 2.71 bits per heavy atom. The summed E-state index contributed by atoms with van der Waals surface area (Å²) in [5, 5.41) is 2.03. The topological polar surface area (TPSA) is 22.1 Å². The summed E-state index contributed by atoms with van der Waals surface area (Å²) in [7, 11) is 0. The summed E-state index contributed by atoms with van der Waals surface area (Å²) >= 11 is 5.14. The van der Waals surface area contributed by atoms with Gasteiger partial charge in [-0.25, -0.2) is 4.98 Å². The van der Waals surface area contributed by atoms with Gasteiger partial charge in [0.05, 0.1) is 14.7 Å². The Balaban J connectivity index is 1.98. The van der Waals surface area contributed by atoms with Crippen LogP contribution in [0.3, 0.4) is 0 Å². The van der Waals surface area contributed by atoms with Crippen LogP contribution in [0.4, 0.5) is 0 Å². The van der Waals surface area contributed by atoms with Gasteiger partial charge in [0.15, 0.2) is 0 Å². The summed E-state index contributed by atoms with van der Waals surface area (Å²) in [6, 6.07) is 13.6. The molecule has 0 bridgehead atoms. The number of thiophene rings is 1. The molecule has 0 amide bonds. The predicted octanol–water partition coefficient (Wildman–Crippen LogP) is 4.85. The third-order valence-corrected chi connectivity index (χ3v) is 4.16. The summed E-state index contributed by atoms with van der Waals surface area (Å²) in [6.07, 6.45) is 0. The fourth-order valence-corrected chi connectivity index (χ4v) is 3.00. The van der Waals surface area contributed by atoms with Crippen LogP contribution in [0.5, 0.6) is 11.6 Å². The highest BCUT2D eigenvalue weighted by molar-refractivity contribution is 9.10. The average Bonchev–Trinajstić information content (AvgIpc) is 2.73. The number of nitrogens with zero attached hydrogens (tertiary/aromatic N) is 1. The average molecular weight is 306 g/mol. The van der Waals surface area contributed by atoms with Gasteiger partial charge in [0.2, 0.25) is 5.88 Å². The molecule has 4 heteroatoms. The first-order chi connectivity index (χ1) is 8.33. The van der Waals surface area contributed by atoms with Gasteiger partial charge in [0.1, 0.15) is 5.75 Å². The summed E-state index contributed by atoms with van der Waals surface area (Å²) in [4.78, 5) is 4.47. The van der Waals surface area contributed by atoms with Gasteiger partial charge < -0.3 is 4.74 Å². The lowest BCUT2D eigenvalue weighted by atomic mass is 10.3. The third-order valence-electron chi connectivity index (χ3n) is 2.31. The van der Waals surface area contributed by atoms with Crippen molar-refractivity contribution < 1.29 is 4.74 Å². The molecule has 0 saturated heterocycles. The van der Waals surface area contributed by atoms with E-state index in [0.717, 1.165) is 20.4 Å². The zero-order valence-corrected chi connectivity index (χ0v) is 11.2. The highest BCUT2D eigenvalue weighted by Crippen LogP contribution is 2.31. The van der Waals surface area contributed by atoms with Crippen LogP contribution in [0, 0.1) is 0 Å². The largest absolute Gasteiger partial charge is 0.439 e. The Morgan fingerprint density at radius 1 is 1.06 bits per heavy atom. The van der Waals surface area contributed by atoms with Crippen LogP contribution in [0.2, 0.25) is 0 Å². The molecule has 0 saturated carbocycles. The summed E-state index contributed by atoms with van der Waals surface area (Å²) < 4.78 is 7.84. The number of hydrogen-bond acceptors (Lipinski definition) is 3. The molecule has 2 aromatic heterocycles. The van der Waals surface area contributed by atoms with E-state index in [4.69, 9.17) is 4.74 Å². The van der Waals surface area contributed by atoms with Gasteiger partial charge in [-0.05, 0) is 34.1 Å². The Labute approximate surface area is 111 Å². The minimum absolute atomic E-state index is 0.614. The molecule has 0 atom stereocenters. The first-order valence-electron chi connectivity index (χ1n) is 5.09. The quantitative estimate of drug-likeness (QED) is 0.675. The fourth-order valence-electron chi connectivity index (χ4n) is 1.53. The zero-order chi connectivity index (χ0) is 11.7. The second-order valence-electron chi connectivity index (χ2n) is 3.49. The monoisotopic (exact) mass is 305 g/mol. The van der Waals surface area contributed by atoms with Gasteiger partial charge in [0.25, 0.3) is 0 Å². The van der Waals surface area contributed by atoms with E-state index in [-0.39, 0.29) is 0 Å². The number of aromatic nitrogens is 1. The Hall–Kier alpha value is -1.39. The van der Waals surface area contributed by atoms with E-state index in [0.29, 0.717) is 5.88 Å². The molecule has 0 N–H and O–H groups in total. The van der Waals surface area contributed by atoms with E-state index in [1.165, 1.54) is 0 Å². The minimum atomic E-state index is 0.614. The van der Waals surface area contributed by atoms with Crippen LogP contribution in [0.25, 0.3) is 10.2 Å². The van der Waals surface area contributed by atoms with Gasteiger partial charge in [-0.3, -0.25) is 0 Å². The van der Waals surface area contributed by atoms with E-state index in [2.05, 4.69) is 20.9 Å². The number of fused-ring (bicyclic) bond motifs is 1. The molecule has 0 aliphatic carbocycles. The van der Waals surface area contributed by atoms with Crippen molar-refractivity contribution in [3.8, 4) is 11.6 Å². The second-order valence-corrected chi connectivity index (χ2v) is 5.26. The van der Waals surface area contributed by atoms with E-state index < -0.39 is 0 Å². The van der Waals surface area contributed by atoms with Crippen LogP contribution in [-0.2, 0) is 0 Å². The van der Waals surface area contributed by atoms with Crippen LogP contribution in [0.15, 0.2) is 52.3 Å². The van der Waals surface area contributed by atoms with Gasteiger partial charge in [-0.1, -0.05) is 18.2 Å². The van der Waals surface area contributed by atoms with Crippen molar-refractivity contribution in [3.63, 3.8) is 0 Å². The highest BCUT2D eigenvalue weighted by atomic mass is 79.9. The number of hydrogen-bond donors (Lipinski definition) is 0. The Morgan fingerprint density at radius 2 is 1.88 bits per heavy atom. The molecule has 84 valence electrons. The van der Waals surface area contributed by atoms with E-state index >= 15 is 0 Å². The van der Waals surface area contributed by atoms with Crippen molar-refractivity contribution in [2.45, 2.75) is 0 Å². The molecule has 0 aliphatic rings. The standard InChI is InChI=1S/C13H8BrNOS/c14-10-8-17-11-6-7-12(15-13(10)11)16-9-4-2-1-3-5-9/h1-8H. The van der Waals surface area contributed by atoms with Crippen LogP contribution in [0.1, 0.15) is 0 Å². The molecule has 17 heavy (non-hydrogen) atoms. The summed E-state index contributed by atoms with van der Waals surface area (Å²) in [6.45, 7) is 0. The lowest BCUT2D eigenvalue weighted by Gasteiger charge is -2.04. The maximum Gasteiger partial charge on any atom is 0.219 e. The van der Waals surface area contributed by atoms with Crippen molar-refractivity contribution in [1.82, 2.24) is 4.98 Å².